The van der Waals surface area contributed by atoms with E-state index in [0.29, 0.717) is 45.6 Å². The third-order valence-electron chi connectivity index (χ3n) is 4.76. The van der Waals surface area contributed by atoms with Crippen molar-refractivity contribution in [2.24, 2.45) is 0 Å². The quantitative estimate of drug-likeness (QED) is 0.785. The number of ether oxygens (including phenoxy) is 1. The van der Waals surface area contributed by atoms with E-state index in [1.807, 2.05) is 25.1 Å². The molecule has 154 valence electrons. The summed E-state index contributed by atoms with van der Waals surface area (Å²) >= 11 is 0. The Morgan fingerprint density at radius 2 is 1.86 bits per heavy atom. The number of benzene rings is 2. The number of hydrogen-bond donors (Lipinski definition) is 2. The van der Waals surface area contributed by atoms with Crippen LogP contribution in [0.25, 0.3) is 0 Å². The van der Waals surface area contributed by atoms with Crippen molar-refractivity contribution in [2.75, 3.05) is 19.7 Å². The topological polar surface area (TPSA) is 70.7 Å². The molecule has 3 amide bonds. The lowest BCUT2D eigenvalue weighted by Gasteiger charge is -2.20. The monoisotopic (exact) mass is 399 g/mol. The van der Waals surface area contributed by atoms with Gasteiger partial charge >= 0.3 is 6.03 Å². The predicted molar refractivity (Wildman–Crippen MR) is 108 cm³/mol. The molecule has 29 heavy (non-hydrogen) atoms. The molecular formula is C22H26FN3O3. The van der Waals surface area contributed by atoms with Crippen molar-refractivity contribution in [3.8, 4) is 5.75 Å². The van der Waals surface area contributed by atoms with Gasteiger partial charge < -0.3 is 20.3 Å². The van der Waals surface area contributed by atoms with Gasteiger partial charge in [-0.1, -0.05) is 24.3 Å². The first kappa shape index (κ1) is 20.6. The first-order valence-corrected chi connectivity index (χ1v) is 9.83. The van der Waals surface area contributed by atoms with Crippen molar-refractivity contribution >= 4 is 11.9 Å². The van der Waals surface area contributed by atoms with Crippen LogP contribution < -0.4 is 15.4 Å². The Morgan fingerprint density at radius 1 is 1.10 bits per heavy atom. The fourth-order valence-electron chi connectivity index (χ4n) is 3.19. The molecule has 0 saturated heterocycles. The molecule has 2 aromatic rings. The largest absolute Gasteiger partial charge is 0.491 e. The van der Waals surface area contributed by atoms with Crippen LogP contribution in [0.4, 0.5) is 9.18 Å². The molecule has 6 nitrogen and oxygen atoms in total. The standard InChI is InChI=1S/C22H26FN3O3/c1-2-24-22(28)26-11-12-29-20-9-5-16(13-18(20)15-26)6-10-21(27)25-14-17-3-7-19(23)8-4-17/h3-5,7-9,13H,2,6,10-12,14-15H2,1H3,(H,24,28)(H,25,27). The maximum absolute atomic E-state index is 12.9. The molecule has 0 spiro atoms. The summed E-state index contributed by atoms with van der Waals surface area (Å²) in [5, 5.41) is 5.67. The van der Waals surface area contributed by atoms with Crippen molar-refractivity contribution in [1.82, 2.24) is 15.5 Å². The summed E-state index contributed by atoms with van der Waals surface area (Å²) in [6, 6.07) is 11.8. The molecule has 0 radical (unpaired) electrons. The molecule has 0 unspecified atom stereocenters. The highest BCUT2D eigenvalue weighted by Crippen LogP contribution is 2.25. The van der Waals surface area contributed by atoms with Gasteiger partial charge in [0.2, 0.25) is 5.91 Å². The third-order valence-corrected chi connectivity index (χ3v) is 4.76. The van der Waals surface area contributed by atoms with E-state index in [-0.39, 0.29) is 17.8 Å². The third kappa shape index (κ3) is 5.94. The van der Waals surface area contributed by atoms with Crippen LogP contribution in [-0.2, 0) is 24.3 Å². The highest BCUT2D eigenvalue weighted by atomic mass is 19.1. The lowest BCUT2D eigenvalue weighted by atomic mass is 10.0. The number of nitrogens with one attached hydrogen (secondary N) is 2. The molecule has 2 N–H and O–H groups in total. The van der Waals surface area contributed by atoms with Crippen LogP contribution in [0.2, 0.25) is 0 Å². The zero-order valence-corrected chi connectivity index (χ0v) is 16.5. The molecule has 2 aromatic carbocycles. The SMILES string of the molecule is CCNC(=O)N1CCOc2ccc(CCC(=O)NCc3ccc(F)cc3)cc2C1. The van der Waals surface area contributed by atoms with E-state index < -0.39 is 0 Å². The Kier molecular flexibility index (Phi) is 7.05. The number of nitrogens with zero attached hydrogens (tertiary/aromatic N) is 1. The molecular weight excluding hydrogens is 373 g/mol. The maximum atomic E-state index is 12.9. The minimum Gasteiger partial charge on any atom is -0.491 e. The summed E-state index contributed by atoms with van der Waals surface area (Å²) in [6.45, 7) is 4.30. The van der Waals surface area contributed by atoms with Gasteiger partial charge in [0, 0.05) is 25.1 Å². The molecule has 1 heterocycles. The van der Waals surface area contributed by atoms with Gasteiger partial charge in [0.05, 0.1) is 13.1 Å². The van der Waals surface area contributed by atoms with Crippen LogP contribution >= 0.6 is 0 Å². The van der Waals surface area contributed by atoms with Crippen LogP contribution in [0.1, 0.15) is 30.0 Å². The van der Waals surface area contributed by atoms with E-state index in [9.17, 15) is 14.0 Å². The summed E-state index contributed by atoms with van der Waals surface area (Å²) in [7, 11) is 0. The Morgan fingerprint density at radius 3 is 2.62 bits per heavy atom. The summed E-state index contributed by atoms with van der Waals surface area (Å²) in [5.41, 5.74) is 2.81. The Bertz CT molecular complexity index is 855. The van der Waals surface area contributed by atoms with Crippen LogP contribution in [0.5, 0.6) is 5.75 Å². The summed E-state index contributed by atoms with van der Waals surface area (Å²) in [6.07, 6.45) is 0.935. The van der Waals surface area contributed by atoms with Crippen molar-refractivity contribution in [2.45, 2.75) is 32.9 Å². The molecule has 3 rings (SSSR count). The Labute approximate surface area is 170 Å². The van der Waals surface area contributed by atoms with E-state index in [2.05, 4.69) is 10.6 Å². The van der Waals surface area contributed by atoms with Gasteiger partial charge in [-0.3, -0.25) is 4.79 Å². The van der Waals surface area contributed by atoms with Crippen molar-refractivity contribution in [1.29, 1.82) is 0 Å². The zero-order valence-electron chi connectivity index (χ0n) is 16.5. The van der Waals surface area contributed by atoms with Crippen molar-refractivity contribution < 1.29 is 18.7 Å². The molecule has 7 heteroatoms. The number of rotatable bonds is 6. The molecule has 1 aliphatic heterocycles. The Balaban J connectivity index is 1.54. The average molecular weight is 399 g/mol. The molecule has 0 aromatic heterocycles. The summed E-state index contributed by atoms with van der Waals surface area (Å²) < 4.78 is 18.7. The highest BCUT2D eigenvalue weighted by Gasteiger charge is 2.19. The fourth-order valence-corrected chi connectivity index (χ4v) is 3.19. The first-order chi connectivity index (χ1) is 14.0. The van der Waals surface area contributed by atoms with Gasteiger partial charge in [-0.2, -0.15) is 0 Å². The zero-order chi connectivity index (χ0) is 20.6. The number of halogens is 1. The van der Waals surface area contributed by atoms with E-state index in [4.69, 9.17) is 4.74 Å². The predicted octanol–water partition coefficient (Wildman–Crippen LogP) is 3.00. The van der Waals surface area contributed by atoms with E-state index in [0.717, 1.165) is 22.4 Å². The number of urea groups is 1. The summed E-state index contributed by atoms with van der Waals surface area (Å²) in [5.74, 6) is 0.420. The number of amides is 3. The molecule has 0 bridgehead atoms. The van der Waals surface area contributed by atoms with E-state index >= 15 is 0 Å². The molecule has 1 aliphatic rings. The molecule has 0 aliphatic carbocycles. The smallest absolute Gasteiger partial charge is 0.317 e. The van der Waals surface area contributed by atoms with E-state index in [1.54, 1.807) is 17.0 Å². The second-order valence-electron chi connectivity index (χ2n) is 6.95. The van der Waals surface area contributed by atoms with Gasteiger partial charge in [0.1, 0.15) is 18.2 Å². The van der Waals surface area contributed by atoms with Crippen LogP contribution in [0, 0.1) is 5.82 Å². The lowest BCUT2D eigenvalue weighted by Crippen LogP contribution is -2.40. The summed E-state index contributed by atoms with van der Waals surface area (Å²) in [4.78, 5) is 26.0. The Hall–Kier alpha value is -3.09. The number of hydrogen-bond acceptors (Lipinski definition) is 3. The van der Waals surface area contributed by atoms with Crippen molar-refractivity contribution in [3.05, 3.63) is 65.0 Å². The normalized spacial score (nSPS) is 13.1. The minimum atomic E-state index is -0.294. The van der Waals surface area contributed by atoms with Gasteiger partial charge in [0.25, 0.3) is 0 Å². The average Bonchev–Trinajstić information content (AvgIpc) is 2.94. The van der Waals surface area contributed by atoms with Gasteiger partial charge in [-0.25, -0.2) is 9.18 Å². The van der Waals surface area contributed by atoms with Crippen LogP contribution in [0.3, 0.4) is 0 Å². The van der Waals surface area contributed by atoms with Gasteiger partial charge in [-0.05, 0) is 42.7 Å². The minimum absolute atomic E-state index is 0.0653. The number of carbonyl (C=O) groups is 2. The fraction of sp³-hybridized carbons (Fsp3) is 0.364. The number of aryl methyl sites for hydroxylation is 1. The molecule has 0 fully saturated rings. The second kappa shape index (κ2) is 9.91. The lowest BCUT2D eigenvalue weighted by molar-refractivity contribution is -0.121. The molecule has 0 saturated carbocycles. The van der Waals surface area contributed by atoms with Crippen LogP contribution in [-0.4, -0.2) is 36.5 Å². The van der Waals surface area contributed by atoms with Crippen molar-refractivity contribution in [3.63, 3.8) is 0 Å². The van der Waals surface area contributed by atoms with Gasteiger partial charge in [0.15, 0.2) is 0 Å². The van der Waals surface area contributed by atoms with E-state index in [1.165, 1.54) is 12.1 Å². The number of carbonyl (C=O) groups excluding carboxylic acids is 2. The number of fused-ring (bicyclic) bond motifs is 1. The first-order valence-electron chi connectivity index (χ1n) is 9.83. The second-order valence-corrected chi connectivity index (χ2v) is 6.95. The highest BCUT2D eigenvalue weighted by molar-refractivity contribution is 5.76. The van der Waals surface area contributed by atoms with Crippen LogP contribution in [0.15, 0.2) is 42.5 Å². The van der Waals surface area contributed by atoms with Gasteiger partial charge in [-0.15, -0.1) is 0 Å². The molecule has 0 atom stereocenters. The maximum Gasteiger partial charge on any atom is 0.317 e.